The van der Waals surface area contributed by atoms with E-state index in [0.29, 0.717) is 16.3 Å². The maximum atomic E-state index is 12.3. The zero-order valence-electron chi connectivity index (χ0n) is 14.3. The normalized spacial score (nSPS) is 17.9. The van der Waals surface area contributed by atoms with Gasteiger partial charge in [0.05, 0.1) is 5.56 Å². The van der Waals surface area contributed by atoms with E-state index in [2.05, 4.69) is 5.32 Å². The van der Waals surface area contributed by atoms with E-state index in [1.165, 1.54) is 6.07 Å². The molecule has 3 N–H and O–H groups in total. The van der Waals surface area contributed by atoms with Crippen molar-refractivity contribution in [3.63, 3.8) is 0 Å². The molecule has 3 rings (SSSR count). The number of primary amides is 1. The van der Waals surface area contributed by atoms with E-state index < -0.39 is 24.4 Å². The van der Waals surface area contributed by atoms with Gasteiger partial charge in [0.25, 0.3) is 11.8 Å². The van der Waals surface area contributed by atoms with Gasteiger partial charge in [-0.05, 0) is 24.4 Å². The van der Waals surface area contributed by atoms with Crippen LogP contribution in [0, 0.1) is 0 Å². The van der Waals surface area contributed by atoms with E-state index in [1.54, 1.807) is 17.5 Å². The van der Waals surface area contributed by atoms with Crippen LogP contribution < -0.4 is 15.8 Å². The van der Waals surface area contributed by atoms with Gasteiger partial charge in [-0.3, -0.25) is 9.59 Å². The Kier molecular flexibility index (Phi) is 4.94. The Morgan fingerprint density at radius 3 is 2.73 bits per heavy atom. The Balaban J connectivity index is 1.64. The van der Waals surface area contributed by atoms with Crippen LogP contribution in [0.5, 0.6) is 5.75 Å². The monoisotopic (exact) mass is 374 g/mol. The molecule has 1 aliphatic heterocycles. The minimum absolute atomic E-state index is 0.0340. The van der Waals surface area contributed by atoms with Crippen LogP contribution in [-0.2, 0) is 9.53 Å². The number of hydrogen-bond acceptors (Lipinski definition) is 6. The molecular weight excluding hydrogens is 356 g/mol. The van der Waals surface area contributed by atoms with Crippen LogP contribution in [0.4, 0.5) is 5.00 Å². The number of esters is 1. The Hall–Kier alpha value is -2.87. The Morgan fingerprint density at radius 1 is 1.23 bits per heavy atom. The molecule has 0 fully saturated rings. The molecule has 2 amide bonds. The van der Waals surface area contributed by atoms with Crippen LogP contribution in [0.3, 0.4) is 0 Å². The van der Waals surface area contributed by atoms with Gasteiger partial charge >= 0.3 is 5.97 Å². The highest BCUT2D eigenvalue weighted by molar-refractivity contribution is 7.14. The van der Waals surface area contributed by atoms with Gasteiger partial charge in [-0.2, -0.15) is 0 Å². The summed E-state index contributed by atoms with van der Waals surface area (Å²) in [5.41, 5.74) is 6.68. The molecule has 26 heavy (non-hydrogen) atoms. The topological polar surface area (TPSA) is 108 Å². The minimum atomic E-state index is -0.640. The molecule has 0 saturated heterocycles. The fourth-order valence-corrected chi connectivity index (χ4v) is 3.53. The molecule has 1 aliphatic rings. The first-order valence-electron chi connectivity index (χ1n) is 8.02. The molecule has 0 aliphatic carbocycles. The summed E-state index contributed by atoms with van der Waals surface area (Å²) in [6, 6.07) is 6.79. The number of fused-ring (bicyclic) bond motifs is 1. The van der Waals surface area contributed by atoms with E-state index in [4.69, 9.17) is 15.2 Å². The molecule has 1 aromatic carbocycles. The molecule has 136 valence electrons. The second kappa shape index (κ2) is 7.17. The Bertz CT molecular complexity index is 876. The fraction of sp³-hybridized carbons (Fsp3) is 0.278. The number of thiophene rings is 1. The van der Waals surface area contributed by atoms with E-state index in [-0.39, 0.29) is 17.6 Å². The van der Waals surface area contributed by atoms with Crippen LogP contribution in [0.15, 0.2) is 29.6 Å². The van der Waals surface area contributed by atoms with E-state index in [0.717, 1.165) is 16.9 Å². The number of carbonyl (C=O) groups is 3. The lowest BCUT2D eigenvalue weighted by Crippen LogP contribution is -2.22. The van der Waals surface area contributed by atoms with Crippen molar-refractivity contribution in [2.75, 3.05) is 11.9 Å². The standard InChI is InChI=1S/C18H18N2O5S/c1-9-10(2)25-15-11(9)4-3-5-12(15)18(23)24-8-14(21)20-17-13(16(19)22)6-7-26-17/h3-7,9-10H,8H2,1-2H3,(H2,19,22)(H,20,21). The van der Waals surface area contributed by atoms with Crippen LogP contribution in [0.2, 0.25) is 0 Å². The average molecular weight is 374 g/mol. The first-order valence-corrected chi connectivity index (χ1v) is 8.90. The number of rotatable bonds is 5. The number of nitrogens with one attached hydrogen (secondary N) is 1. The maximum Gasteiger partial charge on any atom is 0.342 e. The van der Waals surface area contributed by atoms with Crippen molar-refractivity contribution in [3.05, 3.63) is 46.3 Å². The van der Waals surface area contributed by atoms with Gasteiger partial charge in [0.1, 0.15) is 22.4 Å². The van der Waals surface area contributed by atoms with Gasteiger partial charge in [0.2, 0.25) is 0 Å². The zero-order valence-corrected chi connectivity index (χ0v) is 15.1. The van der Waals surface area contributed by atoms with Crippen LogP contribution in [-0.4, -0.2) is 30.5 Å². The maximum absolute atomic E-state index is 12.3. The van der Waals surface area contributed by atoms with Crippen molar-refractivity contribution in [3.8, 4) is 5.75 Å². The summed E-state index contributed by atoms with van der Waals surface area (Å²) in [6.07, 6.45) is -0.0340. The smallest absolute Gasteiger partial charge is 0.342 e. The molecule has 2 heterocycles. The summed E-state index contributed by atoms with van der Waals surface area (Å²) in [5, 5.41) is 4.47. The van der Waals surface area contributed by atoms with Gasteiger partial charge in [-0.1, -0.05) is 19.1 Å². The van der Waals surface area contributed by atoms with Crippen molar-refractivity contribution in [1.82, 2.24) is 0 Å². The molecule has 1 aromatic heterocycles. The van der Waals surface area contributed by atoms with Crippen molar-refractivity contribution in [1.29, 1.82) is 0 Å². The second-order valence-electron chi connectivity index (χ2n) is 5.99. The lowest BCUT2D eigenvalue weighted by Gasteiger charge is -2.10. The van der Waals surface area contributed by atoms with Gasteiger partial charge in [-0.15, -0.1) is 11.3 Å². The number of ether oxygens (including phenoxy) is 2. The van der Waals surface area contributed by atoms with E-state index >= 15 is 0 Å². The van der Waals surface area contributed by atoms with Crippen LogP contribution >= 0.6 is 11.3 Å². The van der Waals surface area contributed by atoms with Gasteiger partial charge in [0, 0.05) is 11.5 Å². The summed E-state index contributed by atoms with van der Waals surface area (Å²) >= 11 is 1.16. The van der Waals surface area contributed by atoms with Crippen LogP contribution in [0.25, 0.3) is 0 Å². The first-order chi connectivity index (χ1) is 12.4. The summed E-state index contributed by atoms with van der Waals surface area (Å²) in [4.78, 5) is 35.6. The van der Waals surface area contributed by atoms with Crippen molar-refractivity contribution >= 4 is 34.1 Å². The second-order valence-corrected chi connectivity index (χ2v) is 6.90. The SMILES string of the molecule is CC1Oc2c(C(=O)OCC(=O)Nc3sccc3C(N)=O)cccc2C1C. The molecule has 0 radical (unpaired) electrons. The van der Waals surface area contributed by atoms with Gasteiger partial charge in [0.15, 0.2) is 6.61 Å². The molecule has 2 atom stereocenters. The number of nitrogens with two attached hydrogens (primary N) is 1. The zero-order chi connectivity index (χ0) is 18.8. The first kappa shape index (κ1) is 17.9. The third-order valence-electron chi connectivity index (χ3n) is 4.28. The van der Waals surface area contributed by atoms with Crippen LogP contribution in [0.1, 0.15) is 46.0 Å². The third kappa shape index (κ3) is 3.41. The fourth-order valence-electron chi connectivity index (χ4n) is 2.72. The number of para-hydroxylation sites is 1. The molecule has 7 nitrogen and oxygen atoms in total. The average Bonchev–Trinajstić information content (AvgIpc) is 3.18. The Labute approximate surface area is 154 Å². The highest BCUT2D eigenvalue weighted by Crippen LogP contribution is 2.40. The lowest BCUT2D eigenvalue weighted by molar-refractivity contribution is -0.119. The Morgan fingerprint density at radius 2 is 2.00 bits per heavy atom. The number of hydrogen-bond donors (Lipinski definition) is 2. The highest BCUT2D eigenvalue weighted by atomic mass is 32.1. The van der Waals surface area contributed by atoms with Crippen molar-refractivity contribution in [2.45, 2.75) is 25.9 Å². The largest absolute Gasteiger partial charge is 0.489 e. The molecule has 2 aromatic rings. The van der Waals surface area contributed by atoms with Crippen molar-refractivity contribution < 1.29 is 23.9 Å². The number of amides is 2. The quantitative estimate of drug-likeness (QED) is 0.782. The molecular formula is C18H18N2O5S. The molecule has 2 unspecified atom stereocenters. The van der Waals surface area contributed by atoms with Gasteiger partial charge in [-0.25, -0.2) is 4.79 Å². The van der Waals surface area contributed by atoms with Crippen molar-refractivity contribution in [2.24, 2.45) is 5.73 Å². The number of benzene rings is 1. The molecule has 0 saturated carbocycles. The lowest BCUT2D eigenvalue weighted by atomic mass is 9.97. The summed E-state index contributed by atoms with van der Waals surface area (Å²) in [5.74, 6) is -1.16. The number of anilines is 1. The molecule has 0 spiro atoms. The molecule has 0 bridgehead atoms. The predicted octanol–water partition coefficient (Wildman–Crippen LogP) is 2.53. The van der Waals surface area contributed by atoms with E-state index in [1.807, 2.05) is 19.9 Å². The van der Waals surface area contributed by atoms with E-state index in [9.17, 15) is 14.4 Å². The predicted molar refractivity (Wildman–Crippen MR) is 96.7 cm³/mol. The highest BCUT2D eigenvalue weighted by Gasteiger charge is 2.31. The number of carbonyl (C=O) groups excluding carboxylic acids is 3. The third-order valence-corrected chi connectivity index (χ3v) is 5.11. The molecule has 8 heteroatoms. The minimum Gasteiger partial charge on any atom is -0.489 e. The summed E-state index contributed by atoms with van der Waals surface area (Å²) in [6.45, 7) is 3.48. The van der Waals surface area contributed by atoms with Gasteiger partial charge < -0.3 is 20.5 Å². The summed E-state index contributed by atoms with van der Waals surface area (Å²) in [7, 11) is 0. The summed E-state index contributed by atoms with van der Waals surface area (Å²) < 4.78 is 10.8.